The van der Waals surface area contributed by atoms with Gasteiger partial charge in [-0.15, -0.1) is 0 Å². The van der Waals surface area contributed by atoms with Gasteiger partial charge < -0.3 is 0 Å². The van der Waals surface area contributed by atoms with Crippen molar-refractivity contribution in [3.05, 3.63) is 35.9 Å². The molecular formula is C15H21BN2O4. The Morgan fingerprint density at radius 1 is 1.27 bits per heavy atom. The number of carbonyl (C=O) groups is 2. The Morgan fingerprint density at radius 2 is 2.05 bits per heavy atom. The minimum absolute atomic E-state index is 0.174. The molecule has 0 saturated carbocycles. The first-order chi connectivity index (χ1) is 10.8. The Kier molecular flexibility index (Phi) is 9.53. The van der Waals surface area contributed by atoms with E-state index in [1.165, 1.54) is 0 Å². The number of ether oxygens (including phenoxy) is 1. The molecule has 0 aromatic heterocycles. The van der Waals surface area contributed by atoms with Gasteiger partial charge in [0.05, 0.1) is 0 Å². The van der Waals surface area contributed by atoms with Gasteiger partial charge in [-0.2, -0.15) is 0 Å². The van der Waals surface area contributed by atoms with Crippen molar-refractivity contribution in [3.8, 4) is 0 Å². The van der Waals surface area contributed by atoms with Crippen LogP contribution in [0.5, 0.6) is 0 Å². The van der Waals surface area contributed by atoms with E-state index >= 15 is 0 Å². The molecule has 1 aromatic carbocycles. The first-order valence-corrected chi connectivity index (χ1v) is 7.33. The predicted octanol–water partition coefficient (Wildman–Crippen LogP) is 1.25. The SMILES string of the molecule is O=BCNC(C=O)CCCCNC(=O)OCc1ccccc1. The summed E-state index contributed by atoms with van der Waals surface area (Å²) in [7, 11) is 0.723. The molecule has 22 heavy (non-hydrogen) atoms. The zero-order valence-corrected chi connectivity index (χ0v) is 12.5. The molecule has 0 aliphatic carbocycles. The number of aldehydes is 1. The van der Waals surface area contributed by atoms with Crippen molar-refractivity contribution in [2.24, 2.45) is 0 Å². The first kappa shape index (κ1) is 18.0. The summed E-state index contributed by atoms with van der Waals surface area (Å²) in [6, 6.07) is 9.14. The van der Waals surface area contributed by atoms with E-state index in [1.54, 1.807) is 0 Å². The molecule has 1 atom stereocenters. The zero-order chi connectivity index (χ0) is 16.0. The van der Waals surface area contributed by atoms with Crippen molar-refractivity contribution in [2.75, 3.05) is 13.0 Å². The number of hydrogen-bond acceptors (Lipinski definition) is 5. The molecule has 0 fully saturated rings. The topological polar surface area (TPSA) is 84.5 Å². The summed E-state index contributed by atoms with van der Waals surface area (Å²) in [5, 5.41) is 5.47. The van der Waals surface area contributed by atoms with Gasteiger partial charge >= 0.3 is 99.7 Å². The van der Waals surface area contributed by atoms with Crippen molar-refractivity contribution >= 4 is 19.5 Å². The Balaban J connectivity index is 2.05. The van der Waals surface area contributed by atoms with Crippen LogP contribution in [0.1, 0.15) is 24.8 Å². The van der Waals surface area contributed by atoms with E-state index in [9.17, 15) is 14.3 Å². The summed E-state index contributed by atoms with van der Waals surface area (Å²) >= 11 is 0. The van der Waals surface area contributed by atoms with Crippen molar-refractivity contribution in [3.63, 3.8) is 0 Å². The summed E-state index contributed by atoms with van der Waals surface area (Å²) < 4.78 is 15.3. The van der Waals surface area contributed by atoms with Gasteiger partial charge in [0.1, 0.15) is 0 Å². The number of unbranched alkanes of at least 4 members (excludes halogenated alkanes) is 1. The van der Waals surface area contributed by atoms with Crippen LogP contribution in [0.4, 0.5) is 4.79 Å². The summed E-state index contributed by atoms with van der Waals surface area (Å²) in [6.07, 6.45) is 2.67. The average Bonchev–Trinajstić information content (AvgIpc) is 2.56. The maximum absolute atomic E-state index is 11.5. The number of hydrogen-bond donors (Lipinski definition) is 2. The molecule has 0 aliphatic rings. The number of rotatable bonds is 11. The van der Waals surface area contributed by atoms with E-state index in [0.29, 0.717) is 13.0 Å². The van der Waals surface area contributed by atoms with Gasteiger partial charge in [-0.3, -0.25) is 0 Å². The van der Waals surface area contributed by atoms with E-state index in [4.69, 9.17) is 4.74 Å². The quantitative estimate of drug-likeness (QED) is 0.365. The molecule has 0 radical (unpaired) electrons. The van der Waals surface area contributed by atoms with Gasteiger partial charge in [-0.1, -0.05) is 30.3 Å². The third-order valence-corrected chi connectivity index (χ3v) is 3.05. The fourth-order valence-electron chi connectivity index (χ4n) is 1.87. The molecule has 0 saturated heterocycles. The second kappa shape index (κ2) is 11.6. The van der Waals surface area contributed by atoms with Crippen LogP contribution in [0.15, 0.2) is 30.3 Å². The number of carbonyl (C=O) groups excluding carboxylic acids is 2. The summed E-state index contributed by atoms with van der Waals surface area (Å²) in [5.41, 5.74) is 0.938. The second-order valence-corrected chi connectivity index (χ2v) is 4.80. The predicted molar refractivity (Wildman–Crippen MR) is 82.8 cm³/mol. The van der Waals surface area contributed by atoms with Crippen molar-refractivity contribution < 1.29 is 19.0 Å². The normalized spacial score (nSPS) is 11.3. The number of nitrogens with one attached hydrogen (secondary N) is 2. The number of benzene rings is 1. The summed E-state index contributed by atoms with van der Waals surface area (Å²) in [4.78, 5) is 22.2. The fourth-order valence-corrected chi connectivity index (χ4v) is 1.87. The van der Waals surface area contributed by atoms with Crippen LogP contribution >= 0.6 is 0 Å². The van der Waals surface area contributed by atoms with Gasteiger partial charge in [0.2, 0.25) is 0 Å². The van der Waals surface area contributed by atoms with Crippen molar-refractivity contribution in [1.82, 2.24) is 10.6 Å². The molecule has 2 N–H and O–H groups in total. The molecule has 1 rings (SSSR count). The van der Waals surface area contributed by atoms with Gasteiger partial charge in [0.25, 0.3) is 0 Å². The van der Waals surface area contributed by atoms with E-state index < -0.39 is 6.09 Å². The third-order valence-electron chi connectivity index (χ3n) is 3.05. The monoisotopic (exact) mass is 304 g/mol. The Bertz CT molecular complexity index is 456. The molecule has 0 heterocycles. The zero-order valence-electron chi connectivity index (χ0n) is 12.5. The maximum atomic E-state index is 11.5. The van der Waals surface area contributed by atoms with E-state index in [0.717, 1.165) is 31.8 Å². The summed E-state index contributed by atoms with van der Waals surface area (Å²) in [5.74, 6) is 0. The molecule has 1 aromatic rings. The van der Waals surface area contributed by atoms with Crippen molar-refractivity contribution in [1.29, 1.82) is 0 Å². The first-order valence-electron chi connectivity index (χ1n) is 7.33. The Labute approximate surface area is 130 Å². The van der Waals surface area contributed by atoms with E-state index in [1.807, 2.05) is 30.3 Å². The van der Waals surface area contributed by atoms with Crippen LogP contribution in [0.2, 0.25) is 0 Å². The Hall–Kier alpha value is -2.02. The van der Waals surface area contributed by atoms with Crippen molar-refractivity contribution in [2.45, 2.75) is 31.9 Å². The number of alkyl carbamates (subject to hydrolysis) is 1. The molecule has 0 aliphatic heterocycles. The molecule has 7 heteroatoms. The van der Waals surface area contributed by atoms with Crippen LogP contribution < -0.4 is 10.6 Å². The molecule has 0 bridgehead atoms. The third kappa shape index (κ3) is 8.31. The van der Waals surface area contributed by atoms with E-state index in [2.05, 4.69) is 10.6 Å². The Morgan fingerprint density at radius 3 is 2.73 bits per heavy atom. The molecule has 1 amide bonds. The van der Waals surface area contributed by atoms with Crippen LogP contribution in [-0.4, -0.2) is 38.6 Å². The standard InChI is InChI=1S/C15H21BN2O4/c19-10-14(18-12-16-21)8-4-5-9-17-15(20)22-11-13-6-2-1-3-7-13/h1-3,6-7,10,14,18H,4-5,8-9,11-12H2,(H,17,20). The minimum atomic E-state index is -0.449. The van der Waals surface area contributed by atoms with Gasteiger partial charge in [0, 0.05) is 0 Å². The molecule has 1 unspecified atom stereocenters. The molecule has 6 nitrogen and oxygen atoms in total. The summed E-state index contributed by atoms with van der Waals surface area (Å²) in [6.45, 7) is 0.738. The smallest absolute Gasteiger partial charge is 0.0622 e. The molecule has 0 spiro atoms. The van der Waals surface area contributed by atoms with Gasteiger partial charge in [0.15, 0.2) is 0 Å². The van der Waals surface area contributed by atoms with Crippen LogP contribution in [0.25, 0.3) is 0 Å². The van der Waals surface area contributed by atoms with E-state index in [-0.39, 0.29) is 19.1 Å². The van der Waals surface area contributed by atoms with Gasteiger partial charge in [-0.25, -0.2) is 0 Å². The van der Waals surface area contributed by atoms with Crippen LogP contribution in [0.3, 0.4) is 0 Å². The fraction of sp³-hybridized carbons (Fsp3) is 0.467. The molecule has 118 valence electrons. The molecular weight excluding hydrogens is 283 g/mol. The second-order valence-electron chi connectivity index (χ2n) is 4.80. The number of amides is 1. The van der Waals surface area contributed by atoms with Gasteiger partial charge in [-0.05, 0) is 0 Å². The van der Waals surface area contributed by atoms with Crippen LogP contribution in [-0.2, 0) is 20.8 Å². The van der Waals surface area contributed by atoms with Crippen LogP contribution in [0, 0.1) is 0 Å². The average molecular weight is 304 g/mol. The minimum Gasteiger partial charge on any atom is -0.0622 e.